The number of thioether (sulfide) groups is 1. The Kier molecular flexibility index (Phi) is 4.98. The summed E-state index contributed by atoms with van der Waals surface area (Å²) in [5.74, 6) is 1.31. The van der Waals surface area contributed by atoms with Gasteiger partial charge in [0.2, 0.25) is 0 Å². The molecule has 0 aliphatic rings. The van der Waals surface area contributed by atoms with Crippen molar-refractivity contribution in [2.45, 2.75) is 17.5 Å². The second-order valence-electron chi connectivity index (χ2n) is 6.13. The van der Waals surface area contributed by atoms with Crippen molar-refractivity contribution in [3.05, 3.63) is 83.8 Å². The van der Waals surface area contributed by atoms with Gasteiger partial charge in [0.25, 0.3) is 11.1 Å². The molecule has 0 bridgehead atoms. The standard InChI is InChI=1S/C21H18N2O3S/c1-23(13-16-8-6-12-25-16)20(24)17-9-3-2-7-15(17)14-27-21-22-18-10-4-5-11-19(18)26-21/h2-12H,13-14H2,1H3. The summed E-state index contributed by atoms with van der Waals surface area (Å²) in [7, 11) is 1.77. The second-order valence-corrected chi connectivity index (χ2v) is 7.06. The van der Waals surface area contributed by atoms with Crippen LogP contribution in [0.3, 0.4) is 0 Å². The van der Waals surface area contributed by atoms with Crippen LogP contribution in [0.2, 0.25) is 0 Å². The Morgan fingerprint density at radius 3 is 2.70 bits per heavy atom. The Bertz CT molecular complexity index is 1020. The molecule has 0 atom stereocenters. The number of amides is 1. The fraction of sp³-hybridized carbons (Fsp3) is 0.143. The fourth-order valence-electron chi connectivity index (χ4n) is 2.82. The normalized spacial score (nSPS) is 11.0. The van der Waals surface area contributed by atoms with Gasteiger partial charge in [0, 0.05) is 18.4 Å². The summed E-state index contributed by atoms with van der Waals surface area (Å²) in [6.07, 6.45) is 1.61. The van der Waals surface area contributed by atoms with E-state index in [1.807, 2.05) is 60.7 Å². The van der Waals surface area contributed by atoms with Crippen molar-refractivity contribution < 1.29 is 13.6 Å². The van der Waals surface area contributed by atoms with E-state index in [9.17, 15) is 4.79 Å². The van der Waals surface area contributed by atoms with Crippen molar-refractivity contribution in [3.63, 3.8) is 0 Å². The summed E-state index contributed by atoms with van der Waals surface area (Å²) in [4.78, 5) is 19.0. The summed E-state index contributed by atoms with van der Waals surface area (Å²) in [6, 6.07) is 19.0. The summed E-state index contributed by atoms with van der Waals surface area (Å²) >= 11 is 1.48. The molecule has 0 saturated carbocycles. The Morgan fingerprint density at radius 2 is 1.89 bits per heavy atom. The average Bonchev–Trinajstić information content (AvgIpc) is 3.35. The van der Waals surface area contributed by atoms with Gasteiger partial charge in [-0.2, -0.15) is 0 Å². The molecule has 6 heteroatoms. The lowest BCUT2D eigenvalue weighted by Crippen LogP contribution is -2.26. The monoisotopic (exact) mass is 378 g/mol. The number of nitrogens with zero attached hydrogens (tertiary/aromatic N) is 2. The largest absolute Gasteiger partial charge is 0.467 e. The lowest BCUT2D eigenvalue weighted by molar-refractivity contribution is 0.0774. The molecule has 0 saturated heterocycles. The topological polar surface area (TPSA) is 59.5 Å². The molecule has 2 heterocycles. The maximum atomic E-state index is 12.9. The molecule has 2 aromatic carbocycles. The number of benzene rings is 2. The zero-order valence-corrected chi connectivity index (χ0v) is 15.6. The first-order valence-electron chi connectivity index (χ1n) is 8.55. The van der Waals surface area contributed by atoms with Gasteiger partial charge in [-0.15, -0.1) is 0 Å². The average molecular weight is 378 g/mol. The molecule has 2 aromatic heterocycles. The van der Waals surface area contributed by atoms with Gasteiger partial charge in [-0.3, -0.25) is 4.79 Å². The van der Waals surface area contributed by atoms with Crippen molar-refractivity contribution in [2.24, 2.45) is 0 Å². The molecule has 1 amide bonds. The van der Waals surface area contributed by atoms with Crippen LogP contribution in [-0.2, 0) is 12.3 Å². The first-order valence-corrected chi connectivity index (χ1v) is 9.53. The van der Waals surface area contributed by atoms with E-state index in [1.165, 1.54) is 11.8 Å². The summed E-state index contributed by atoms with van der Waals surface area (Å²) in [5, 5.41) is 0.599. The Hall–Kier alpha value is -2.99. The van der Waals surface area contributed by atoms with Gasteiger partial charge < -0.3 is 13.7 Å². The summed E-state index contributed by atoms with van der Waals surface area (Å²) < 4.78 is 11.1. The smallest absolute Gasteiger partial charge is 0.257 e. The third-order valence-corrected chi connectivity index (χ3v) is 5.07. The molecule has 4 rings (SSSR count). The third-order valence-electron chi connectivity index (χ3n) is 4.19. The minimum Gasteiger partial charge on any atom is -0.467 e. The van der Waals surface area contributed by atoms with E-state index < -0.39 is 0 Å². The first-order chi connectivity index (χ1) is 13.2. The number of rotatable bonds is 6. The molecule has 136 valence electrons. The van der Waals surface area contributed by atoms with Gasteiger partial charge in [-0.25, -0.2) is 4.98 Å². The zero-order valence-electron chi connectivity index (χ0n) is 14.8. The molecular formula is C21H18N2O3S. The molecule has 0 aliphatic carbocycles. The number of hydrogen-bond donors (Lipinski definition) is 0. The van der Waals surface area contributed by atoms with Gasteiger partial charge >= 0.3 is 0 Å². The number of carbonyl (C=O) groups excluding carboxylic acids is 1. The number of oxazole rings is 1. The highest BCUT2D eigenvalue weighted by atomic mass is 32.2. The molecule has 0 radical (unpaired) electrons. The van der Waals surface area contributed by atoms with E-state index in [4.69, 9.17) is 8.83 Å². The highest BCUT2D eigenvalue weighted by Crippen LogP contribution is 2.27. The molecule has 4 aromatic rings. The highest BCUT2D eigenvalue weighted by Gasteiger charge is 2.17. The van der Waals surface area contributed by atoms with Crippen LogP contribution in [0.4, 0.5) is 0 Å². The number of fused-ring (bicyclic) bond motifs is 1. The van der Waals surface area contributed by atoms with Crippen LogP contribution >= 0.6 is 11.8 Å². The van der Waals surface area contributed by atoms with Crippen LogP contribution in [0.25, 0.3) is 11.1 Å². The second kappa shape index (κ2) is 7.72. The molecule has 0 fully saturated rings. The highest BCUT2D eigenvalue weighted by molar-refractivity contribution is 7.98. The minimum absolute atomic E-state index is 0.0415. The summed E-state index contributed by atoms with van der Waals surface area (Å²) in [5.41, 5.74) is 3.22. The van der Waals surface area contributed by atoms with Crippen LogP contribution in [0.5, 0.6) is 0 Å². The lowest BCUT2D eigenvalue weighted by atomic mass is 10.1. The minimum atomic E-state index is -0.0415. The van der Waals surface area contributed by atoms with Crippen LogP contribution < -0.4 is 0 Å². The van der Waals surface area contributed by atoms with E-state index >= 15 is 0 Å². The first kappa shape index (κ1) is 17.4. The van der Waals surface area contributed by atoms with Crippen molar-refractivity contribution in [2.75, 3.05) is 7.05 Å². The number of para-hydroxylation sites is 2. The van der Waals surface area contributed by atoms with Gasteiger partial charge in [0.1, 0.15) is 11.3 Å². The van der Waals surface area contributed by atoms with Gasteiger partial charge in [0.05, 0.1) is 12.8 Å². The molecule has 0 aliphatic heterocycles. The third kappa shape index (κ3) is 3.90. The van der Waals surface area contributed by atoms with E-state index in [-0.39, 0.29) is 5.91 Å². The predicted molar refractivity (Wildman–Crippen MR) is 105 cm³/mol. The van der Waals surface area contributed by atoms with E-state index in [1.54, 1.807) is 18.2 Å². The van der Waals surface area contributed by atoms with E-state index in [2.05, 4.69) is 4.98 Å². The van der Waals surface area contributed by atoms with Crippen LogP contribution in [-0.4, -0.2) is 22.8 Å². The Balaban J connectivity index is 1.49. The maximum absolute atomic E-state index is 12.9. The van der Waals surface area contributed by atoms with Crippen molar-refractivity contribution >= 4 is 28.8 Å². The quantitative estimate of drug-likeness (QED) is 0.443. The zero-order chi connectivity index (χ0) is 18.6. The van der Waals surface area contributed by atoms with Crippen LogP contribution in [0.1, 0.15) is 21.7 Å². The molecule has 0 spiro atoms. The molecule has 0 N–H and O–H groups in total. The summed E-state index contributed by atoms with van der Waals surface area (Å²) in [6.45, 7) is 0.429. The van der Waals surface area contributed by atoms with E-state index in [0.717, 1.165) is 22.4 Å². The predicted octanol–water partition coefficient (Wildman–Crippen LogP) is 4.99. The van der Waals surface area contributed by atoms with Crippen LogP contribution in [0, 0.1) is 0 Å². The Morgan fingerprint density at radius 1 is 1.07 bits per heavy atom. The van der Waals surface area contributed by atoms with Gasteiger partial charge in [-0.1, -0.05) is 42.1 Å². The van der Waals surface area contributed by atoms with Crippen molar-refractivity contribution in [1.29, 1.82) is 0 Å². The maximum Gasteiger partial charge on any atom is 0.257 e. The molecular weight excluding hydrogens is 360 g/mol. The fourth-order valence-corrected chi connectivity index (χ4v) is 3.66. The SMILES string of the molecule is CN(Cc1ccco1)C(=O)c1ccccc1CSc1nc2ccccc2o1. The van der Waals surface area contributed by atoms with Gasteiger partial charge in [0.15, 0.2) is 5.58 Å². The van der Waals surface area contributed by atoms with E-state index in [0.29, 0.717) is 23.1 Å². The molecule has 5 nitrogen and oxygen atoms in total. The van der Waals surface area contributed by atoms with Crippen molar-refractivity contribution in [1.82, 2.24) is 9.88 Å². The molecule has 27 heavy (non-hydrogen) atoms. The van der Waals surface area contributed by atoms with Gasteiger partial charge in [-0.05, 0) is 35.9 Å². The number of hydrogen-bond acceptors (Lipinski definition) is 5. The van der Waals surface area contributed by atoms with Crippen molar-refractivity contribution in [3.8, 4) is 0 Å². The van der Waals surface area contributed by atoms with Crippen LogP contribution in [0.15, 0.2) is 81.0 Å². The number of furan rings is 1. The lowest BCUT2D eigenvalue weighted by Gasteiger charge is -2.17. The Labute approximate surface area is 161 Å². The number of carbonyl (C=O) groups is 1. The number of aromatic nitrogens is 1. The molecule has 0 unspecified atom stereocenters.